The Morgan fingerprint density at radius 1 is 1.35 bits per heavy atom. The van der Waals surface area contributed by atoms with Gasteiger partial charge in [0.05, 0.1) is 6.04 Å². The lowest BCUT2D eigenvalue weighted by Gasteiger charge is -2.34. The molecule has 0 bridgehead atoms. The molecule has 0 spiro atoms. The molecule has 4 heteroatoms. The molecule has 1 amide bonds. The molecule has 1 unspecified atom stereocenters. The summed E-state index contributed by atoms with van der Waals surface area (Å²) in [5, 5.41) is 3.31. The summed E-state index contributed by atoms with van der Waals surface area (Å²) in [6.45, 7) is 1.88. The van der Waals surface area contributed by atoms with Gasteiger partial charge < -0.3 is 16.0 Å². The van der Waals surface area contributed by atoms with E-state index in [0.717, 1.165) is 37.3 Å². The van der Waals surface area contributed by atoms with Crippen LogP contribution in [0.25, 0.3) is 0 Å². The molecule has 3 rings (SSSR count). The van der Waals surface area contributed by atoms with Crippen LogP contribution in [0.1, 0.15) is 18.4 Å². The molecule has 1 aromatic carbocycles. The average molecular weight is 231 g/mol. The Bertz CT molecular complexity index is 452. The summed E-state index contributed by atoms with van der Waals surface area (Å²) >= 11 is 0. The van der Waals surface area contributed by atoms with Gasteiger partial charge in [-0.15, -0.1) is 0 Å². The zero-order chi connectivity index (χ0) is 11.8. The SMILES string of the molecule is Nc1ccc2c(c1)N(C1CCNC1)C(=O)CC2. The summed E-state index contributed by atoms with van der Waals surface area (Å²) in [7, 11) is 0. The topological polar surface area (TPSA) is 58.4 Å². The molecule has 1 saturated heterocycles. The number of nitrogens with one attached hydrogen (secondary N) is 1. The van der Waals surface area contributed by atoms with Crippen molar-refractivity contribution in [1.82, 2.24) is 5.32 Å². The van der Waals surface area contributed by atoms with Crippen molar-refractivity contribution in [3.8, 4) is 0 Å². The highest BCUT2D eigenvalue weighted by atomic mass is 16.2. The molecule has 0 saturated carbocycles. The Morgan fingerprint density at radius 2 is 2.24 bits per heavy atom. The number of carbonyl (C=O) groups is 1. The van der Waals surface area contributed by atoms with Gasteiger partial charge in [0.1, 0.15) is 0 Å². The molecule has 3 N–H and O–H groups in total. The van der Waals surface area contributed by atoms with Crippen LogP contribution < -0.4 is 16.0 Å². The maximum absolute atomic E-state index is 12.1. The number of benzene rings is 1. The molecule has 4 nitrogen and oxygen atoms in total. The highest BCUT2D eigenvalue weighted by Crippen LogP contribution is 2.32. The van der Waals surface area contributed by atoms with Gasteiger partial charge in [-0.05, 0) is 37.1 Å². The van der Waals surface area contributed by atoms with Gasteiger partial charge in [0.15, 0.2) is 0 Å². The molecule has 2 aliphatic rings. The number of fused-ring (bicyclic) bond motifs is 1. The smallest absolute Gasteiger partial charge is 0.227 e. The molecule has 0 aliphatic carbocycles. The summed E-state index contributed by atoms with van der Waals surface area (Å²) in [6.07, 6.45) is 2.48. The van der Waals surface area contributed by atoms with E-state index in [2.05, 4.69) is 5.32 Å². The molecule has 0 radical (unpaired) electrons. The fourth-order valence-corrected chi connectivity index (χ4v) is 2.77. The number of amides is 1. The van der Waals surface area contributed by atoms with Gasteiger partial charge in [0.25, 0.3) is 0 Å². The van der Waals surface area contributed by atoms with Crippen molar-refractivity contribution in [3.05, 3.63) is 23.8 Å². The normalized spacial score (nSPS) is 23.9. The minimum Gasteiger partial charge on any atom is -0.399 e. The number of rotatable bonds is 1. The molecule has 1 fully saturated rings. The molecular formula is C13H17N3O. The Balaban J connectivity index is 2.02. The van der Waals surface area contributed by atoms with Gasteiger partial charge >= 0.3 is 0 Å². The second-order valence-corrected chi connectivity index (χ2v) is 4.80. The second kappa shape index (κ2) is 4.04. The van der Waals surface area contributed by atoms with Crippen LogP contribution in [0.15, 0.2) is 18.2 Å². The third-order valence-electron chi connectivity index (χ3n) is 3.65. The lowest BCUT2D eigenvalue weighted by molar-refractivity contribution is -0.119. The highest BCUT2D eigenvalue weighted by Gasteiger charge is 2.31. The third-order valence-corrected chi connectivity index (χ3v) is 3.65. The summed E-state index contributed by atoms with van der Waals surface area (Å²) in [5.74, 6) is 0.233. The molecule has 1 atom stereocenters. The maximum atomic E-state index is 12.1. The molecule has 17 heavy (non-hydrogen) atoms. The van der Waals surface area contributed by atoms with Crippen molar-refractivity contribution >= 4 is 17.3 Å². The van der Waals surface area contributed by atoms with E-state index in [0.29, 0.717) is 12.5 Å². The summed E-state index contributed by atoms with van der Waals surface area (Å²) in [4.78, 5) is 14.1. The first-order valence-electron chi connectivity index (χ1n) is 6.17. The van der Waals surface area contributed by atoms with Crippen LogP contribution in [-0.4, -0.2) is 25.0 Å². The first kappa shape index (κ1) is 10.6. The molecule has 90 valence electrons. The minimum atomic E-state index is 0.233. The number of hydrogen-bond donors (Lipinski definition) is 2. The van der Waals surface area contributed by atoms with Crippen LogP contribution in [0.2, 0.25) is 0 Å². The highest BCUT2D eigenvalue weighted by molar-refractivity contribution is 5.97. The quantitative estimate of drug-likeness (QED) is 0.706. The number of aryl methyl sites for hydroxylation is 1. The van der Waals surface area contributed by atoms with E-state index in [9.17, 15) is 4.79 Å². The van der Waals surface area contributed by atoms with E-state index in [1.54, 1.807) is 0 Å². The summed E-state index contributed by atoms with van der Waals surface area (Å²) < 4.78 is 0. The average Bonchev–Trinajstić information content (AvgIpc) is 2.82. The van der Waals surface area contributed by atoms with E-state index in [1.165, 1.54) is 5.56 Å². The van der Waals surface area contributed by atoms with Crippen LogP contribution in [0, 0.1) is 0 Å². The van der Waals surface area contributed by atoms with Crippen LogP contribution in [0.3, 0.4) is 0 Å². The van der Waals surface area contributed by atoms with Crippen molar-refractivity contribution in [2.24, 2.45) is 0 Å². The van der Waals surface area contributed by atoms with Crippen LogP contribution in [-0.2, 0) is 11.2 Å². The maximum Gasteiger partial charge on any atom is 0.227 e. The zero-order valence-electron chi connectivity index (χ0n) is 9.78. The Hall–Kier alpha value is -1.55. The number of nitrogens with zero attached hydrogens (tertiary/aromatic N) is 1. The standard InChI is InChI=1S/C13H17N3O/c14-10-3-1-9-2-4-13(17)16(12(9)7-10)11-5-6-15-8-11/h1,3,7,11,15H,2,4-6,8,14H2. The van der Waals surface area contributed by atoms with Gasteiger partial charge in [-0.25, -0.2) is 0 Å². The van der Waals surface area contributed by atoms with E-state index in [4.69, 9.17) is 5.73 Å². The fraction of sp³-hybridized carbons (Fsp3) is 0.462. The minimum absolute atomic E-state index is 0.233. The Kier molecular flexibility index (Phi) is 2.52. The fourth-order valence-electron chi connectivity index (χ4n) is 2.77. The number of hydrogen-bond acceptors (Lipinski definition) is 3. The zero-order valence-corrected chi connectivity index (χ0v) is 9.78. The predicted molar refractivity (Wildman–Crippen MR) is 67.9 cm³/mol. The number of anilines is 2. The lowest BCUT2D eigenvalue weighted by atomic mass is 9.98. The molecule has 2 heterocycles. The largest absolute Gasteiger partial charge is 0.399 e. The Labute approximate surface area is 101 Å². The lowest BCUT2D eigenvalue weighted by Crippen LogP contribution is -2.44. The first-order valence-corrected chi connectivity index (χ1v) is 6.17. The van der Waals surface area contributed by atoms with Gasteiger partial charge in [0.2, 0.25) is 5.91 Å². The van der Waals surface area contributed by atoms with Crippen molar-refractivity contribution in [2.45, 2.75) is 25.3 Å². The van der Waals surface area contributed by atoms with E-state index in [-0.39, 0.29) is 5.91 Å². The van der Waals surface area contributed by atoms with Gasteiger partial charge in [-0.2, -0.15) is 0 Å². The van der Waals surface area contributed by atoms with Crippen molar-refractivity contribution in [2.75, 3.05) is 23.7 Å². The van der Waals surface area contributed by atoms with Crippen molar-refractivity contribution < 1.29 is 4.79 Å². The van der Waals surface area contributed by atoms with Gasteiger partial charge in [-0.1, -0.05) is 6.07 Å². The van der Waals surface area contributed by atoms with E-state index in [1.807, 2.05) is 23.1 Å². The van der Waals surface area contributed by atoms with Crippen LogP contribution in [0.5, 0.6) is 0 Å². The van der Waals surface area contributed by atoms with E-state index < -0.39 is 0 Å². The van der Waals surface area contributed by atoms with Crippen molar-refractivity contribution in [1.29, 1.82) is 0 Å². The second-order valence-electron chi connectivity index (χ2n) is 4.80. The predicted octanol–water partition coefficient (Wildman–Crippen LogP) is 0.910. The van der Waals surface area contributed by atoms with Crippen LogP contribution in [0.4, 0.5) is 11.4 Å². The molecule has 2 aliphatic heterocycles. The van der Waals surface area contributed by atoms with Crippen LogP contribution >= 0.6 is 0 Å². The number of nitrogen functional groups attached to an aromatic ring is 1. The molecule has 0 aromatic heterocycles. The van der Waals surface area contributed by atoms with Gasteiger partial charge in [-0.3, -0.25) is 4.79 Å². The molecular weight excluding hydrogens is 214 g/mol. The Morgan fingerprint density at radius 3 is 3.00 bits per heavy atom. The number of carbonyl (C=O) groups excluding carboxylic acids is 1. The van der Waals surface area contributed by atoms with Gasteiger partial charge in [0, 0.05) is 24.3 Å². The van der Waals surface area contributed by atoms with E-state index >= 15 is 0 Å². The summed E-state index contributed by atoms with van der Waals surface area (Å²) in [6, 6.07) is 6.19. The molecule has 1 aromatic rings. The monoisotopic (exact) mass is 231 g/mol. The number of nitrogens with two attached hydrogens (primary N) is 1. The first-order chi connectivity index (χ1) is 8.25. The summed E-state index contributed by atoms with van der Waals surface area (Å²) in [5.41, 5.74) is 8.83. The van der Waals surface area contributed by atoms with Crippen molar-refractivity contribution in [3.63, 3.8) is 0 Å². The third kappa shape index (κ3) is 1.78.